The summed E-state index contributed by atoms with van der Waals surface area (Å²) in [5.74, 6) is -0.465. The molecule has 0 bridgehead atoms. The number of hydrogen-bond donors (Lipinski definition) is 0. The van der Waals surface area contributed by atoms with Crippen molar-refractivity contribution >= 4 is 19.2 Å². The molecule has 0 N–H and O–H groups in total. The van der Waals surface area contributed by atoms with Gasteiger partial charge in [0, 0.05) is 13.5 Å². The van der Waals surface area contributed by atoms with Gasteiger partial charge in [0.05, 0.1) is 25.8 Å². The lowest BCUT2D eigenvalue weighted by Crippen LogP contribution is -2.37. The van der Waals surface area contributed by atoms with E-state index in [1.807, 2.05) is 26.0 Å². The Morgan fingerprint density at radius 1 is 1.14 bits per heavy atom. The largest absolute Gasteiger partial charge is 0.379 e. The maximum Gasteiger partial charge on any atom is 0.373 e. The smallest absolute Gasteiger partial charge is 0.373 e. The minimum atomic E-state index is -1.34. The van der Waals surface area contributed by atoms with E-state index >= 15 is 0 Å². The summed E-state index contributed by atoms with van der Waals surface area (Å²) < 4.78 is 5.26. The Kier molecular flexibility index (Phi) is 6.13. The van der Waals surface area contributed by atoms with Crippen LogP contribution >= 0.6 is 0 Å². The highest BCUT2D eigenvalue weighted by molar-refractivity contribution is 6.88. The first-order chi connectivity index (χ1) is 9.65. The molecular formula is C16H26O4Si. The summed E-state index contributed by atoms with van der Waals surface area (Å²) in [5, 5.41) is 1.31. The number of rotatable bonds is 7. The third kappa shape index (κ3) is 5.99. The molecule has 0 heterocycles. The van der Waals surface area contributed by atoms with Crippen LogP contribution in [0, 0.1) is 0 Å². The molecule has 4 nitrogen and oxygen atoms in total. The fourth-order valence-electron chi connectivity index (χ4n) is 1.64. The Bertz CT molecular complexity index is 460. The van der Waals surface area contributed by atoms with Crippen LogP contribution in [-0.4, -0.2) is 33.4 Å². The summed E-state index contributed by atoms with van der Waals surface area (Å²) in [5.41, 5.74) is 0.216. The third-order valence-corrected chi connectivity index (χ3v) is 5.53. The van der Waals surface area contributed by atoms with Crippen molar-refractivity contribution in [2.24, 2.45) is 0 Å². The van der Waals surface area contributed by atoms with Crippen molar-refractivity contribution < 1.29 is 19.3 Å². The molecule has 0 radical (unpaired) electrons. The summed E-state index contributed by atoms with van der Waals surface area (Å²) in [7, 11) is 0.300. The molecule has 21 heavy (non-hydrogen) atoms. The predicted octanol–water partition coefficient (Wildman–Crippen LogP) is 3.14. The molecule has 0 unspecified atom stereocenters. The van der Waals surface area contributed by atoms with Gasteiger partial charge in [-0.1, -0.05) is 37.0 Å². The van der Waals surface area contributed by atoms with Gasteiger partial charge < -0.3 is 4.74 Å². The minimum absolute atomic E-state index is 0.286. The number of benzene rings is 1. The Balaban J connectivity index is 2.46. The van der Waals surface area contributed by atoms with E-state index < -0.39 is 14.0 Å². The lowest BCUT2D eigenvalue weighted by atomic mass is 10.1. The van der Waals surface area contributed by atoms with Crippen LogP contribution in [0.1, 0.15) is 30.6 Å². The SMILES string of the molecule is COC(C)(C)CCOOC(=O)c1ccc([Si](C)(C)C)cc1. The van der Waals surface area contributed by atoms with Gasteiger partial charge in [0.1, 0.15) is 0 Å². The molecule has 0 aliphatic carbocycles. The first-order valence-corrected chi connectivity index (χ1v) is 10.7. The average Bonchev–Trinajstić information content (AvgIpc) is 2.42. The molecule has 118 valence electrons. The highest BCUT2D eigenvalue weighted by Gasteiger charge is 2.18. The van der Waals surface area contributed by atoms with Crippen LogP contribution in [0.4, 0.5) is 0 Å². The van der Waals surface area contributed by atoms with Crippen LogP contribution in [0.15, 0.2) is 24.3 Å². The molecule has 1 aromatic rings. The van der Waals surface area contributed by atoms with Crippen molar-refractivity contribution in [1.29, 1.82) is 0 Å². The van der Waals surface area contributed by atoms with Gasteiger partial charge in [-0.05, 0) is 26.0 Å². The molecule has 0 aliphatic rings. The van der Waals surface area contributed by atoms with Gasteiger partial charge in [-0.3, -0.25) is 4.89 Å². The van der Waals surface area contributed by atoms with E-state index in [1.165, 1.54) is 5.19 Å². The maximum atomic E-state index is 11.8. The number of carbonyl (C=O) groups excluding carboxylic acids is 1. The second kappa shape index (κ2) is 7.20. The van der Waals surface area contributed by atoms with Gasteiger partial charge >= 0.3 is 5.97 Å². The molecular weight excluding hydrogens is 284 g/mol. The Morgan fingerprint density at radius 2 is 1.71 bits per heavy atom. The summed E-state index contributed by atoms with van der Waals surface area (Å²) in [4.78, 5) is 21.6. The van der Waals surface area contributed by atoms with E-state index in [2.05, 4.69) is 19.6 Å². The number of methoxy groups -OCH3 is 1. The Morgan fingerprint density at radius 3 is 2.19 bits per heavy atom. The zero-order valence-electron chi connectivity index (χ0n) is 13.9. The van der Waals surface area contributed by atoms with E-state index in [1.54, 1.807) is 19.2 Å². The van der Waals surface area contributed by atoms with E-state index in [9.17, 15) is 4.79 Å². The van der Waals surface area contributed by atoms with Crippen molar-refractivity contribution in [3.63, 3.8) is 0 Å². The van der Waals surface area contributed by atoms with Crippen LogP contribution < -0.4 is 5.19 Å². The normalized spacial score (nSPS) is 12.3. The van der Waals surface area contributed by atoms with Gasteiger partial charge in [0.15, 0.2) is 0 Å². The zero-order valence-corrected chi connectivity index (χ0v) is 14.9. The molecule has 0 amide bonds. The molecule has 5 heteroatoms. The summed E-state index contributed by atoms with van der Waals surface area (Å²) in [6.07, 6.45) is 0.644. The molecule has 0 aromatic heterocycles. The van der Waals surface area contributed by atoms with Gasteiger partial charge in [-0.25, -0.2) is 4.79 Å². The van der Waals surface area contributed by atoms with E-state index in [-0.39, 0.29) is 5.60 Å². The second-order valence-electron chi connectivity index (χ2n) is 6.73. The second-order valence-corrected chi connectivity index (χ2v) is 11.8. The van der Waals surface area contributed by atoms with Crippen LogP contribution in [-0.2, 0) is 14.5 Å². The molecule has 0 spiro atoms. The Hall–Kier alpha value is -1.17. The van der Waals surface area contributed by atoms with Crippen LogP contribution in [0.3, 0.4) is 0 Å². The van der Waals surface area contributed by atoms with Gasteiger partial charge in [0.2, 0.25) is 0 Å². The van der Waals surface area contributed by atoms with Gasteiger partial charge in [-0.2, -0.15) is 4.89 Å². The van der Waals surface area contributed by atoms with Crippen LogP contribution in [0.25, 0.3) is 0 Å². The molecule has 0 atom stereocenters. The first kappa shape index (κ1) is 17.9. The van der Waals surface area contributed by atoms with Crippen molar-refractivity contribution in [3.05, 3.63) is 29.8 Å². The van der Waals surface area contributed by atoms with Crippen molar-refractivity contribution in [3.8, 4) is 0 Å². The quantitative estimate of drug-likeness (QED) is 0.336. The number of ether oxygens (including phenoxy) is 1. The van der Waals surface area contributed by atoms with Crippen LogP contribution in [0.5, 0.6) is 0 Å². The van der Waals surface area contributed by atoms with Crippen molar-refractivity contribution in [1.82, 2.24) is 0 Å². The van der Waals surface area contributed by atoms with Crippen molar-refractivity contribution in [2.75, 3.05) is 13.7 Å². The summed E-state index contributed by atoms with van der Waals surface area (Å²) in [6, 6.07) is 7.57. The average molecular weight is 310 g/mol. The van der Waals surface area contributed by atoms with Gasteiger partial charge in [-0.15, -0.1) is 0 Å². The topological polar surface area (TPSA) is 44.8 Å². The van der Waals surface area contributed by atoms with Gasteiger partial charge in [0.25, 0.3) is 0 Å². The lowest BCUT2D eigenvalue weighted by molar-refractivity contribution is -0.247. The summed E-state index contributed by atoms with van der Waals surface area (Å²) in [6.45, 7) is 11.0. The zero-order chi connectivity index (χ0) is 16.1. The maximum absolute atomic E-state index is 11.8. The van der Waals surface area contributed by atoms with Crippen LogP contribution in [0.2, 0.25) is 19.6 Å². The highest BCUT2D eigenvalue weighted by Crippen LogP contribution is 2.13. The molecule has 1 rings (SSSR count). The third-order valence-electron chi connectivity index (χ3n) is 3.46. The summed E-state index contributed by atoms with van der Waals surface area (Å²) >= 11 is 0. The number of hydrogen-bond acceptors (Lipinski definition) is 4. The standard InChI is InChI=1S/C16H26O4Si/c1-16(2,18-3)11-12-19-20-15(17)13-7-9-14(10-8-13)21(4,5)6/h7-10H,11-12H2,1-6H3. The number of carbonyl (C=O) groups is 1. The fourth-order valence-corrected chi connectivity index (χ4v) is 2.81. The lowest BCUT2D eigenvalue weighted by Gasteiger charge is -2.21. The predicted molar refractivity (Wildman–Crippen MR) is 86.5 cm³/mol. The minimum Gasteiger partial charge on any atom is -0.379 e. The monoisotopic (exact) mass is 310 g/mol. The highest BCUT2D eigenvalue weighted by atomic mass is 28.3. The van der Waals surface area contributed by atoms with E-state index in [0.29, 0.717) is 18.6 Å². The molecule has 0 aliphatic heterocycles. The van der Waals surface area contributed by atoms with E-state index in [0.717, 1.165) is 0 Å². The molecule has 0 saturated carbocycles. The molecule has 1 aromatic carbocycles. The molecule has 0 saturated heterocycles. The Labute approximate surface area is 128 Å². The van der Waals surface area contributed by atoms with E-state index in [4.69, 9.17) is 14.5 Å². The fraction of sp³-hybridized carbons (Fsp3) is 0.562. The molecule has 0 fully saturated rings. The first-order valence-electron chi connectivity index (χ1n) is 7.15. The van der Waals surface area contributed by atoms with Crippen molar-refractivity contribution in [2.45, 2.75) is 45.5 Å².